The van der Waals surface area contributed by atoms with Gasteiger partial charge in [-0.05, 0) is 26.0 Å². The van der Waals surface area contributed by atoms with Crippen LogP contribution in [0.4, 0.5) is 10.5 Å². The van der Waals surface area contributed by atoms with E-state index in [1.54, 1.807) is 29.2 Å². The number of anilines is 1. The molecule has 1 heterocycles. The minimum Gasteiger partial charge on any atom is -0.465 e. The molecule has 1 N–H and O–H groups in total. The number of ether oxygens (including phenoxy) is 2. The number of nitrogens with zero attached hydrogens (tertiary/aromatic N) is 1. The highest BCUT2D eigenvalue weighted by Crippen LogP contribution is 2.23. The van der Waals surface area contributed by atoms with Gasteiger partial charge in [0.05, 0.1) is 30.5 Å². The van der Waals surface area contributed by atoms with Gasteiger partial charge in [-0.15, -0.1) is 0 Å². The third-order valence-corrected chi connectivity index (χ3v) is 3.23. The Balaban J connectivity index is 2.18. The Morgan fingerprint density at radius 2 is 2.05 bits per heavy atom. The molecule has 1 fully saturated rings. The Morgan fingerprint density at radius 1 is 1.35 bits per heavy atom. The largest absolute Gasteiger partial charge is 0.465 e. The SMILES string of the molecule is COC(=O)c1ccccc1NC(=O)N1COCC1(C)C. The van der Waals surface area contributed by atoms with Crippen molar-refractivity contribution in [1.29, 1.82) is 0 Å². The van der Waals surface area contributed by atoms with Gasteiger partial charge in [-0.3, -0.25) is 4.90 Å². The Hall–Kier alpha value is -2.08. The molecule has 1 saturated heterocycles. The molecule has 2 amide bonds. The first kappa shape index (κ1) is 14.3. The topological polar surface area (TPSA) is 67.9 Å². The summed E-state index contributed by atoms with van der Waals surface area (Å²) < 4.78 is 10.00. The van der Waals surface area contributed by atoms with Crippen molar-refractivity contribution < 1.29 is 19.1 Å². The number of methoxy groups -OCH3 is 1. The fraction of sp³-hybridized carbons (Fsp3) is 0.429. The van der Waals surface area contributed by atoms with Gasteiger partial charge in [0.2, 0.25) is 0 Å². The van der Waals surface area contributed by atoms with E-state index in [0.717, 1.165) is 0 Å². The van der Waals surface area contributed by atoms with Crippen LogP contribution >= 0.6 is 0 Å². The first-order chi connectivity index (χ1) is 9.45. The lowest BCUT2D eigenvalue weighted by Crippen LogP contribution is -2.46. The van der Waals surface area contributed by atoms with E-state index in [0.29, 0.717) is 17.9 Å². The number of carbonyl (C=O) groups is 2. The lowest BCUT2D eigenvalue weighted by atomic mass is 10.1. The van der Waals surface area contributed by atoms with E-state index >= 15 is 0 Å². The van der Waals surface area contributed by atoms with Gasteiger partial charge in [0, 0.05) is 0 Å². The molecule has 1 aliphatic rings. The quantitative estimate of drug-likeness (QED) is 0.841. The molecular weight excluding hydrogens is 260 g/mol. The van der Waals surface area contributed by atoms with Crippen LogP contribution in [-0.4, -0.2) is 42.9 Å². The summed E-state index contributed by atoms with van der Waals surface area (Å²) in [5.74, 6) is -0.488. The van der Waals surface area contributed by atoms with Gasteiger partial charge in [-0.25, -0.2) is 9.59 Å². The normalized spacial score (nSPS) is 16.9. The van der Waals surface area contributed by atoms with Crippen molar-refractivity contribution in [2.75, 3.05) is 25.8 Å². The van der Waals surface area contributed by atoms with Crippen LogP contribution in [0.25, 0.3) is 0 Å². The van der Waals surface area contributed by atoms with Crippen LogP contribution in [0.3, 0.4) is 0 Å². The minimum absolute atomic E-state index is 0.235. The van der Waals surface area contributed by atoms with Gasteiger partial charge in [0.15, 0.2) is 0 Å². The number of hydrogen-bond donors (Lipinski definition) is 1. The monoisotopic (exact) mass is 278 g/mol. The first-order valence-corrected chi connectivity index (χ1v) is 6.29. The number of benzene rings is 1. The van der Waals surface area contributed by atoms with Crippen molar-refractivity contribution >= 4 is 17.7 Å². The maximum Gasteiger partial charge on any atom is 0.339 e. The third-order valence-electron chi connectivity index (χ3n) is 3.23. The number of amides is 2. The van der Waals surface area contributed by atoms with Crippen molar-refractivity contribution in [2.45, 2.75) is 19.4 Å². The van der Waals surface area contributed by atoms with Gasteiger partial charge in [0.25, 0.3) is 0 Å². The summed E-state index contributed by atoms with van der Waals surface area (Å²) in [7, 11) is 1.30. The second kappa shape index (κ2) is 5.50. The summed E-state index contributed by atoms with van der Waals surface area (Å²) in [6.45, 7) is 4.57. The molecule has 0 saturated carbocycles. The van der Waals surface area contributed by atoms with Crippen molar-refractivity contribution in [2.24, 2.45) is 0 Å². The smallest absolute Gasteiger partial charge is 0.339 e. The van der Waals surface area contributed by atoms with Gasteiger partial charge in [-0.1, -0.05) is 12.1 Å². The summed E-state index contributed by atoms with van der Waals surface area (Å²) in [6.07, 6.45) is 0. The Morgan fingerprint density at radius 3 is 2.65 bits per heavy atom. The van der Waals surface area contributed by atoms with Crippen molar-refractivity contribution in [3.8, 4) is 0 Å². The standard InChI is InChI=1S/C14H18N2O4/c1-14(2)8-20-9-16(14)13(18)15-11-7-5-4-6-10(11)12(17)19-3/h4-7H,8-9H2,1-3H3,(H,15,18). The summed E-state index contributed by atoms with van der Waals surface area (Å²) in [6, 6.07) is 6.42. The second-order valence-corrected chi connectivity index (χ2v) is 5.19. The van der Waals surface area contributed by atoms with Crippen LogP contribution in [-0.2, 0) is 9.47 Å². The second-order valence-electron chi connectivity index (χ2n) is 5.19. The van der Waals surface area contributed by atoms with Crippen molar-refractivity contribution in [3.63, 3.8) is 0 Å². The van der Waals surface area contributed by atoms with E-state index in [1.165, 1.54) is 7.11 Å². The van der Waals surface area contributed by atoms with Gasteiger partial charge in [-0.2, -0.15) is 0 Å². The fourth-order valence-electron chi connectivity index (χ4n) is 2.04. The predicted octanol–water partition coefficient (Wildman–Crippen LogP) is 2.07. The molecule has 0 aliphatic carbocycles. The molecule has 2 rings (SSSR count). The molecule has 1 aromatic rings. The number of rotatable bonds is 2. The van der Waals surface area contributed by atoms with E-state index in [9.17, 15) is 9.59 Å². The molecule has 0 radical (unpaired) electrons. The number of nitrogens with one attached hydrogen (secondary N) is 1. The molecule has 0 bridgehead atoms. The number of para-hydroxylation sites is 1. The van der Waals surface area contributed by atoms with Crippen LogP contribution in [0.5, 0.6) is 0 Å². The summed E-state index contributed by atoms with van der Waals surface area (Å²) >= 11 is 0. The molecule has 0 atom stereocenters. The maximum atomic E-state index is 12.3. The van der Waals surface area contributed by atoms with Crippen molar-refractivity contribution in [3.05, 3.63) is 29.8 Å². The molecule has 0 unspecified atom stereocenters. The maximum absolute atomic E-state index is 12.3. The number of hydrogen-bond acceptors (Lipinski definition) is 4. The highest BCUT2D eigenvalue weighted by molar-refractivity contribution is 6.00. The molecule has 1 aromatic carbocycles. The Kier molecular flexibility index (Phi) is 3.94. The average Bonchev–Trinajstić information content (AvgIpc) is 2.78. The van der Waals surface area contributed by atoms with E-state index in [4.69, 9.17) is 9.47 Å². The Labute approximate surface area is 117 Å². The van der Waals surface area contributed by atoms with Crippen LogP contribution in [0.2, 0.25) is 0 Å². The van der Waals surface area contributed by atoms with E-state index in [1.807, 2.05) is 13.8 Å². The molecule has 1 aliphatic heterocycles. The highest BCUT2D eigenvalue weighted by atomic mass is 16.5. The molecule has 6 heteroatoms. The number of esters is 1. The zero-order chi connectivity index (χ0) is 14.8. The lowest BCUT2D eigenvalue weighted by Gasteiger charge is -2.29. The van der Waals surface area contributed by atoms with Crippen LogP contribution < -0.4 is 5.32 Å². The van der Waals surface area contributed by atoms with Crippen LogP contribution in [0.1, 0.15) is 24.2 Å². The average molecular weight is 278 g/mol. The zero-order valence-electron chi connectivity index (χ0n) is 11.8. The lowest BCUT2D eigenvalue weighted by molar-refractivity contribution is 0.0602. The molecule has 20 heavy (non-hydrogen) atoms. The fourth-order valence-corrected chi connectivity index (χ4v) is 2.04. The zero-order valence-corrected chi connectivity index (χ0v) is 11.8. The summed E-state index contributed by atoms with van der Waals surface area (Å²) in [4.78, 5) is 25.5. The number of carbonyl (C=O) groups excluding carboxylic acids is 2. The van der Waals surface area contributed by atoms with Crippen molar-refractivity contribution in [1.82, 2.24) is 4.90 Å². The third kappa shape index (κ3) is 2.75. The summed E-state index contributed by atoms with van der Waals surface area (Å²) in [5, 5.41) is 2.73. The van der Waals surface area contributed by atoms with E-state index in [-0.39, 0.29) is 18.3 Å². The molecule has 108 valence electrons. The van der Waals surface area contributed by atoms with E-state index < -0.39 is 5.97 Å². The highest BCUT2D eigenvalue weighted by Gasteiger charge is 2.36. The first-order valence-electron chi connectivity index (χ1n) is 6.29. The summed E-state index contributed by atoms with van der Waals surface area (Å²) in [5.41, 5.74) is 0.373. The molecule has 0 spiro atoms. The Bertz CT molecular complexity index is 528. The molecule has 0 aromatic heterocycles. The predicted molar refractivity (Wildman–Crippen MR) is 73.5 cm³/mol. The minimum atomic E-state index is -0.488. The van der Waals surface area contributed by atoms with Crippen LogP contribution in [0.15, 0.2) is 24.3 Å². The molecule has 6 nitrogen and oxygen atoms in total. The van der Waals surface area contributed by atoms with Gasteiger partial charge in [0.1, 0.15) is 6.73 Å². The van der Waals surface area contributed by atoms with Crippen LogP contribution in [0, 0.1) is 0 Å². The molecular formula is C14H18N2O4. The number of urea groups is 1. The van der Waals surface area contributed by atoms with Gasteiger partial charge >= 0.3 is 12.0 Å². The van der Waals surface area contributed by atoms with E-state index in [2.05, 4.69) is 5.32 Å². The van der Waals surface area contributed by atoms with Gasteiger partial charge < -0.3 is 14.8 Å².